The Balaban J connectivity index is 0.00000169. The number of benzene rings is 1. The molecule has 0 saturated heterocycles. The smallest absolute Gasteiger partial charge is 0.166 e. The van der Waals surface area contributed by atoms with Gasteiger partial charge in [-0.25, -0.2) is 0 Å². The molecular weight excluding hydrogens is 357 g/mol. The van der Waals surface area contributed by atoms with Crippen molar-refractivity contribution in [3.8, 4) is 0 Å². The first-order valence-corrected chi connectivity index (χ1v) is 5.28. The number of hydrogen-bond acceptors (Lipinski definition) is 0. The fourth-order valence-electron chi connectivity index (χ4n) is 1.01. The Labute approximate surface area is 107 Å². The van der Waals surface area contributed by atoms with Gasteiger partial charge in [0.1, 0.15) is 0 Å². The molecular formula is C9H8F3IZn+2. The minimum Gasteiger partial charge on any atom is -0.166 e. The molecule has 1 rings (SSSR count). The van der Waals surface area contributed by atoms with E-state index in [1.807, 2.05) is 0 Å². The molecule has 0 bridgehead atoms. The molecule has 0 saturated carbocycles. The second-order valence-corrected chi connectivity index (χ2v) is 3.72. The number of rotatable bonds is 2. The molecule has 0 aromatic heterocycles. The van der Waals surface area contributed by atoms with Crippen molar-refractivity contribution in [1.29, 1.82) is 0 Å². The molecule has 0 nitrogen and oxygen atoms in total. The average Bonchev–Trinajstić information content (AvgIpc) is 2.04. The van der Waals surface area contributed by atoms with Crippen molar-refractivity contribution in [3.63, 3.8) is 0 Å². The normalized spacial score (nSPS) is 10.9. The molecule has 0 unspecified atom stereocenters. The molecule has 0 aliphatic rings. The quantitative estimate of drug-likeness (QED) is 0.426. The summed E-state index contributed by atoms with van der Waals surface area (Å²) in [6.45, 7) is 0. The molecule has 0 N–H and O–H groups in total. The zero-order valence-electron chi connectivity index (χ0n) is 7.44. The number of hydrogen-bond donors (Lipinski definition) is 0. The van der Waals surface area contributed by atoms with Crippen LogP contribution in [0.15, 0.2) is 24.3 Å². The van der Waals surface area contributed by atoms with Crippen LogP contribution in [0.2, 0.25) is 0 Å². The largest absolute Gasteiger partial charge is 2.00 e. The fourth-order valence-corrected chi connectivity index (χ4v) is 1.64. The van der Waals surface area contributed by atoms with E-state index in [0.29, 0.717) is 6.42 Å². The van der Waals surface area contributed by atoms with E-state index in [1.54, 1.807) is 6.07 Å². The van der Waals surface area contributed by atoms with E-state index in [-0.39, 0.29) is 19.5 Å². The van der Waals surface area contributed by atoms with Gasteiger partial charge in [0.05, 0.1) is 5.56 Å². The van der Waals surface area contributed by atoms with E-state index in [9.17, 15) is 13.2 Å². The van der Waals surface area contributed by atoms with Crippen molar-refractivity contribution in [2.75, 3.05) is 4.43 Å². The molecule has 0 fully saturated rings. The second-order valence-electron chi connectivity index (χ2n) is 2.64. The molecule has 0 atom stereocenters. The van der Waals surface area contributed by atoms with Gasteiger partial charge in [-0.3, -0.25) is 0 Å². The summed E-state index contributed by atoms with van der Waals surface area (Å²) in [6.07, 6.45) is -3.54. The maximum Gasteiger partial charge on any atom is 2.00 e. The first-order chi connectivity index (χ1) is 6.04. The van der Waals surface area contributed by atoms with Crippen LogP contribution < -0.4 is 0 Å². The Morgan fingerprint density at radius 2 is 1.86 bits per heavy atom. The van der Waals surface area contributed by atoms with Gasteiger partial charge >= 0.3 is 25.7 Å². The molecule has 14 heavy (non-hydrogen) atoms. The van der Waals surface area contributed by atoms with Gasteiger partial charge in [0.2, 0.25) is 0 Å². The van der Waals surface area contributed by atoms with Crippen molar-refractivity contribution in [1.82, 2.24) is 0 Å². The van der Waals surface area contributed by atoms with Crippen molar-refractivity contribution in [2.24, 2.45) is 0 Å². The summed E-state index contributed by atoms with van der Waals surface area (Å²) < 4.78 is 37.5. The third kappa shape index (κ3) is 4.26. The monoisotopic (exact) mass is 364 g/mol. The van der Waals surface area contributed by atoms with Crippen LogP contribution in [0.5, 0.6) is 0 Å². The van der Waals surface area contributed by atoms with Crippen molar-refractivity contribution < 1.29 is 32.6 Å². The predicted octanol–water partition coefficient (Wildman–Crippen LogP) is 3.68. The summed E-state index contributed by atoms with van der Waals surface area (Å²) in [4.78, 5) is 0. The summed E-state index contributed by atoms with van der Waals surface area (Å²) >= 11 is 2.14. The molecule has 5 heteroatoms. The van der Waals surface area contributed by atoms with Crippen LogP contribution in [-0.4, -0.2) is 4.43 Å². The van der Waals surface area contributed by atoms with Crippen molar-refractivity contribution in [3.05, 3.63) is 35.4 Å². The molecule has 0 spiro atoms. The predicted molar refractivity (Wildman–Crippen MR) is 54.0 cm³/mol. The Bertz CT molecular complexity index is 286. The van der Waals surface area contributed by atoms with E-state index in [1.165, 1.54) is 12.1 Å². The third-order valence-corrected chi connectivity index (χ3v) is 2.18. The SMILES string of the molecule is FC(F)(F)c1cccc(CCI)c1.[Zn+2]. The first kappa shape index (κ1) is 14.4. The minimum absolute atomic E-state index is 0. The molecule has 0 heterocycles. The van der Waals surface area contributed by atoms with Gasteiger partial charge in [-0.05, 0) is 18.1 Å². The maximum absolute atomic E-state index is 12.2. The molecule has 0 radical (unpaired) electrons. The topological polar surface area (TPSA) is 0 Å². The summed E-state index contributed by atoms with van der Waals surface area (Å²) in [6, 6.07) is 5.47. The minimum atomic E-state index is -4.22. The Morgan fingerprint density at radius 3 is 2.36 bits per heavy atom. The molecule has 1 aromatic carbocycles. The zero-order chi connectivity index (χ0) is 9.90. The molecule has 1 aromatic rings. The summed E-state index contributed by atoms with van der Waals surface area (Å²) in [5, 5.41) is 0. The Hall–Kier alpha value is 0.363. The van der Waals surface area contributed by atoms with Crippen LogP contribution in [0.4, 0.5) is 13.2 Å². The number of aryl methyl sites for hydroxylation is 1. The van der Waals surface area contributed by atoms with E-state index in [2.05, 4.69) is 22.6 Å². The van der Waals surface area contributed by atoms with Crippen LogP contribution >= 0.6 is 22.6 Å². The van der Waals surface area contributed by atoms with Gasteiger partial charge in [0.25, 0.3) is 0 Å². The van der Waals surface area contributed by atoms with E-state index in [0.717, 1.165) is 16.1 Å². The van der Waals surface area contributed by atoms with Crippen molar-refractivity contribution in [2.45, 2.75) is 12.6 Å². The third-order valence-electron chi connectivity index (χ3n) is 1.64. The molecule has 72 valence electrons. The second kappa shape index (κ2) is 6.06. The van der Waals surface area contributed by atoms with Gasteiger partial charge in [-0.2, -0.15) is 13.2 Å². The molecule has 0 aliphatic heterocycles. The van der Waals surface area contributed by atoms with Crippen LogP contribution in [0.1, 0.15) is 11.1 Å². The standard InChI is InChI=1S/C9H8F3I.Zn/c10-9(11,12)8-3-1-2-7(6-8)4-5-13;/h1-3,6H,4-5H2;/q;+2. The number of halogens is 4. The summed E-state index contributed by atoms with van der Waals surface area (Å²) in [5.74, 6) is 0. The van der Waals surface area contributed by atoms with Gasteiger partial charge in [0, 0.05) is 4.43 Å². The molecule has 0 aliphatic carbocycles. The molecule has 0 amide bonds. The van der Waals surface area contributed by atoms with Gasteiger partial charge in [0.15, 0.2) is 0 Å². The van der Waals surface area contributed by atoms with E-state index in [4.69, 9.17) is 0 Å². The maximum atomic E-state index is 12.2. The van der Waals surface area contributed by atoms with E-state index >= 15 is 0 Å². The van der Waals surface area contributed by atoms with Crippen LogP contribution in [0, 0.1) is 0 Å². The van der Waals surface area contributed by atoms with Crippen molar-refractivity contribution >= 4 is 22.6 Å². The van der Waals surface area contributed by atoms with Gasteiger partial charge < -0.3 is 0 Å². The van der Waals surface area contributed by atoms with Crippen LogP contribution in [0.3, 0.4) is 0 Å². The summed E-state index contributed by atoms with van der Waals surface area (Å²) in [7, 11) is 0. The zero-order valence-corrected chi connectivity index (χ0v) is 12.6. The number of alkyl halides is 4. The first-order valence-electron chi connectivity index (χ1n) is 3.76. The van der Waals surface area contributed by atoms with Gasteiger partial charge in [-0.1, -0.05) is 40.8 Å². The average molecular weight is 365 g/mol. The van der Waals surface area contributed by atoms with E-state index < -0.39 is 11.7 Å². The van der Waals surface area contributed by atoms with Crippen LogP contribution in [0.25, 0.3) is 0 Å². The van der Waals surface area contributed by atoms with Gasteiger partial charge in [-0.15, -0.1) is 0 Å². The summed E-state index contributed by atoms with van der Waals surface area (Å²) in [5.41, 5.74) is 0.180. The van der Waals surface area contributed by atoms with Crippen LogP contribution in [-0.2, 0) is 32.1 Å². The fraction of sp³-hybridized carbons (Fsp3) is 0.333. The Morgan fingerprint density at radius 1 is 1.21 bits per heavy atom. The Kier molecular flexibility index (Phi) is 6.21.